The molecule has 1 aliphatic rings. The van der Waals surface area contributed by atoms with E-state index in [0.717, 1.165) is 38.8 Å². The number of anilines is 1. The van der Waals surface area contributed by atoms with Crippen molar-refractivity contribution in [1.29, 1.82) is 0 Å². The van der Waals surface area contributed by atoms with Crippen LogP contribution in [-0.4, -0.2) is 45.4 Å². The van der Waals surface area contributed by atoms with Gasteiger partial charge < -0.3 is 4.90 Å². The Balaban J connectivity index is 1.76. The SMILES string of the molecule is CCN(CCCNS(=O)(=O)N1CCCCC1)c1ccccc1. The highest BCUT2D eigenvalue weighted by molar-refractivity contribution is 7.87. The van der Waals surface area contributed by atoms with Gasteiger partial charge in [-0.1, -0.05) is 24.6 Å². The molecule has 124 valence electrons. The van der Waals surface area contributed by atoms with Crippen LogP contribution in [0.4, 0.5) is 5.69 Å². The van der Waals surface area contributed by atoms with Gasteiger partial charge in [0.2, 0.25) is 0 Å². The number of hydrogen-bond donors (Lipinski definition) is 1. The fourth-order valence-electron chi connectivity index (χ4n) is 2.78. The van der Waals surface area contributed by atoms with Crippen molar-refractivity contribution >= 4 is 15.9 Å². The van der Waals surface area contributed by atoms with E-state index < -0.39 is 10.2 Å². The van der Waals surface area contributed by atoms with Crippen LogP contribution in [0.15, 0.2) is 30.3 Å². The van der Waals surface area contributed by atoms with Crippen LogP contribution in [-0.2, 0) is 10.2 Å². The zero-order valence-electron chi connectivity index (χ0n) is 13.4. The number of nitrogens with one attached hydrogen (secondary N) is 1. The molecule has 0 aliphatic carbocycles. The third-order valence-electron chi connectivity index (χ3n) is 4.05. The van der Waals surface area contributed by atoms with Crippen LogP contribution in [0.25, 0.3) is 0 Å². The Bertz CT molecular complexity index is 528. The van der Waals surface area contributed by atoms with Crippen molar-refractivity contribution in [3.63, 3.8) is 0 Å². The first-order valence-corrected chi connectivity index (χ1v) is 9.62. The quantitative estimate of drug-likeness (QED) is 0.746. The lowest BCUT2D eigenvalue weighted by molar-refractivity contribution is 0.341. The maximum absolute atomic E-state index is 12.2. The number of benzene rings is 1. The van der Waals surface area contributed by atoms with E-state index in [-0.39, 0.29) is 0 Å². The van der Waals surface area contributed by atoms with Gasteiger partial charge in [0, 0.05) is 38.4 Å². The van der Waals surface area contributed by atoms with Gasteiger partial charge in [-0.2, -0.15) is 12.7 Å². The Morgan fingerprint density at radius 1 is 1.14 bits per heavy atom. The maximum Gasteiger partial charge on any atom is 0.279 e. The van der Waals surface area contributed by atoms with Crippen LogP contribution in [0.1, 0.15) is 32.6 Å². The fraction of sp³-hybridized carbons (Fsp3) is 0.625. The monoisotopic (exact) mass is 325 g/mol. The molecule has 5 nitrogen and oxygen atoms in total. The zero-order valence-corrected chi connectivity index (χ0v) is 14.2. The van der Waals surface area contributed by atoms with Gasteiger partial charge in [0.15, 0.2) is 0 Å². The molecule has 2 rings (SSSR count). The third-order valence-corrected chi connectivity index (χ3v) is 5.66. The first kappa shape index (κ1) is 17.2. The standard InChI is InChI=1S/C16H27N3O2S/c1-2-18(16-10-5-3-6-11-16)13-9-12-17-22(20,21)19-14-7-4-8-15-19/h3,5-6,10-11,17H,2,4,7-9,12-15H2,1H3. The topological polar surface area (TPSA) is 52.7 Å². The van der Waals surface area contributed by atoms with Crippen LogP contribution < -0.4 is 9.62 Å². The predicted molar refractivity (Wildman–Crippen MR) is 91.3 cm³/mol. The maximum atomic E-state index is 12.2. The van der Waals surface area contributed by atoms with E-state index >= 15 is 0 Å². The second-order valence-corrected chi connectivity index (χ2v) is 7.38. The molecule has 1 heterocycles. The van der Waals surface area contributed by atoms with E-state index in [1.807, 2.05) is 18.2 Å². The van der Waals surface area contributed by atoms with Gasteiger partial charge in [-0.25, -0.2) is 4.72 Å². The molecule has 6 heteroatoms. The van der Waals surface area contributed by atoms with E-state index in [4.69, 9.17) is 0 Å². The van der Waals surface area contributed by atoms with E-state index in [9.17, 15) is 8.42 Å². The van der Waals surface area contributed by atoms with E-state index in [0.29, 0.717) is 19.6 Å². The molecule has 0 atom stereocenters. The lowest BCUT2D eigenvalue weighted by Crippen LogP contribution is -2.44. The van der Waals surface area contributed by atoms with Gasteiger partial charge in [-0.3, -0.25) is 0 Å². The number of rotatable bonds is 8. The summed E-state index contributed by atoms with van der Waals surface area (Å²) >= 11 is 0. The lowest BCUT2D eigenvalue weighted by atomic mass is 10.2. The van der Waals surface area contributed by atoms with E-state index in [1.54, 1.807) is 4.31 Å². The first-order chi connectivity index (χ1) is 10.6. The van der Waals surface area contributed by atoms with Crippen LogP contribution in [0, 0.1) is 0 Å². The van der Waals surface area contributed by atoms with Crippen molar-refractivity contribution < 1.29 is 8.42 Å². The van der Waals surface area contributed by atoms with Gasteiger partial charge in [0.25, 0.3) is 10.2 Å². The summed E-state index contributed by atoms with van der Waals surface area (Å²) in [5.74, 6) is 0. The number of nitrogens with zero attached hydrogens (tertiary/aromatic N) is 2. The Morgan fingerprint density at radius 3 is 2.45 bits per heavy atom. The summed E-state index contributed by atoms with van der Waals surface area (Å²) in [4.78, 5) is 2.26. The average molecular weight is 325 g/mol. The summed E-state index contributed by atoms with van der Waals surface area (Å²) in [5, 5.41) is 0. The van der Waals surface area contributed by atoms with Gasteiger partial charge in [0.05, 0.1) is 0 Å². The summed E-state index contributed by atoms with van der Waals surface area (Å²) in [7, 11) is -3.29. The normalized spacial score (nSPS) is 16.6. The molecular formula is C16H27N3O2S. The highest BCUT2D eigenvalue weighted by Crippen LogP contribution is 2.13. The Kier molecular flexibility index (Phi) is 6.67. The summed E-state index contributed by atoms with van der Waals surface area (Å²) < 4.78 is 28.6. The minimum absolute atomic E-state index is 0.488. The molecule has 22 heavy (non-hydrogen) atoms. The van der Waals surface area contributed by atoms with Gasteiger partial charge in [0.1, 0.15) is 0 Å². The van der Waals surface area contributed by atoms with Gasteiger partial charge in [-0.05, 0) is 38.3 Å². The molecule has 0 radical (unpaired) electrons. The van der Waals surface area contributed by atoms with Crippen LogP contribution in [0.2, 0.25) is 0 Å². The Morgan fingerprint density at radius 2 is 1.82 bits per heavy atom. The highest BCUT2D eigenvalue weighted by Gasteiger charge is 2.22. The molecule has 1 aromatic carbocycles. The minimum Gasteiger partial charge on any atom is -0.372 e. The second-order valence-electron chi connectivity index (χ2n) is 5.63. The summed E-state index contributed by atoms with van der Waals surface area (Å²) in [6.07, 6.45) is 3.88. The molecule has 1 aliphatic heterocycles. The number of para-hydroxylation sites is 1. The van der Waals surface area contributed by atoms with Crippen molar-refractivity contribution in [1.82, 2.24) is 9.03 Å². The summed E-state index contributed by atoms with van der Waals surface area (Å²) in [5.41, 5.74) is 1.18. The van der Waals surface area contributed by atoms with Crippen molar-refractivity contribution in [3.05, 3.63) is 30.3 Å². The minimum atomic E-state index is -3.29. The zero-order chi connectivity index (χ0) is 15.8. The van der Waals surface area contributed by atoms with Crippen molar-refractivity contribution in [2.24, 2.45) is 0 Å². The molecule has 1 N–H and O–H groups in total. The second kappa shape index (κ2) is 8.50. The van der Waals surface area contributed by atoms with Gasteiger partial charge in [-0.15, -0.1) is 0 Å². The lowest BCUT2D eigenvalue weighted by Gasteiger charge is -2.26. The number of piperidine rings is 1. The number of hydrogen-bond acceptors (Lipinski definition) is 3. The molecule has 0 bridgehead atoms. The largest absolute Gasteiger partial charge is 0.372 e. The molecule has 0 unspecified atom stereocenters. The Labute approximate surface area is 134 Å². The average Bonchev–Trinajstić information content (AvgIpc) is 2.56. The molecule has 1 saturated heterocycles. The van der Waals surface area contributed by atoms with Crippen molar-refractivity contribution in [2.75, 3.05) is 37.6 Å². The molecule has 1 fully saturated rings. The molecule has 1 aromatic rings. The Hall–Kier alpha value is -1.11. The fourth-order valence-corrected chi connectivity index (χ4v) is 4.10. The van der Waals surface area contributed by atoms with E-state index in [2.05, 4.69) is 28.7 Å². The van der Waals surface area contributed by atoms with Crippen molar-refractivity contribution in [3.8, 4) is 0 Å². The van der Waals surface area contributed by atoms with Crippen LogP contribution in [0.5, 0.6) is 0 Å². The van der Waals surface area contributed by atoms with Crippen LogP contribution in [0.3, 0.4) is 0 Å². The van der Waals surface area contributed by atoms with E-state index in [1.165, 1.54) is 5.69 Å². The molecule has 0 spiro atoms. The van der Waals surface area contributed by atoms with Crippen LogP contribution >= 0.6 is 0 Å². The third kappa shape index (κ3) is 4.97. The molecule has 0 saturated carbocycles. The van der Waals surface area contributed by atoms with Crippen molar-refractivity contribution in [2.45, 2.75) is 32.6 Å². The molecule has 0 amide bonds. The first-order valence-electron chi connectivity index (χ1n) is 8.18. The smallest absolute Gasteiger partial charge is 0.279 e. The summed E-state index contributed by atoms with van der Waals surface area (Å²) in [6, 6.07) is 10.2. The van der Waals surface area contributed by atoms with Gasteiger partial charge >= 0.3 is 0 Å². The molecule has 0 aromatic heterocycles. The summed E-state index contributed by atoms with van der Waals surface area (Å²) in [6.45, 7) is 5.68. The predicted octanol–water partition coefficient (Wildman–Crippen LogP) is 2.22. The highest BCUT2D eigenvalue weighted by atomic mass is 32.2. The molecular weight excluding hydrogens is 298 g/mol.